The molecule has 1 saturated carbocycles. The highest BCUT2D eigenvalue weighted by molar-refractivity contribution is 5.81. The molecular weight excluding hydrogens is 240 g/mol. The first-order chi connectivity index (χ1) is 9.19. The van der Waals surface area contributed by atoms with Gasteiger partial charge in [-0.1, -0.05) is 6.92 Å². The van der Waals surface area contributed by atoms with Gasteiger partial charge in [0, 0.05) is 38.5 Å². The van der Waals surface area contributed by atoms with Crippen molar-refractivity contribution in [2.45, 2.75) is 32.6 Å². The summed E-state index contributed by atoms with van der Waals surface area (Å²) in [5.74, 6) is 1.46. The Bertz CT molecular complexity index is 296. The van der Waals surface area contributed by atoms with Gasteiger partial charge in [0.05, 0.1) is 6.61 Å². The van der Waals surface area contributed by atoms with E-state index in [1.165, 1.54) is 0 Å². The predicted molar refractivity (Wildman–Crippen MR) is 76.1 cm³/mol. The first-order valence-electron chi connectivity index (χ1n) is 7.77. The number of Topliss-reactive ketones (excluding diaryl/α,β-unsaturated/α-hetero) is 1. The van der Waals surface area contributed by atoms with E-state index in [1.807, 2.05) is 0 Å². The number of β-amino-alcohol motifs (C(OH)–C–C–N with tert-alkyl or cyclic N) is 1. The second-order valence-electron chi connectivity index (χ2n) is 6.26. The van der Waals surface area contributed by atoms with Crippen LogP contribution in [0, 0.1) is 11.8 Å². The lowest BCUT2D eigenvalue weighted by Gasteiger charge is -2.30. The summed E-state index contributed by atoms with van der Waals surface area (Å²) in [6.07, 6.45) is 4.10. The minimum atomic E-state index is 0.249. The molecule has 0 aromatic carbocycles. The maximum Gasteiger partial charge on any atom is 0.137 e. The summed E-state index contributed by atoms with van der Waals surface area (Å²) >= 11 is 0. The molecule has 2 fully saturated rings. The molecule has 1 N–H and O–H groups in total. The van der Waals surface area contributed by atoms with E-state index in [4.69, 9.17) is 5.11 Å². The minimum absolute atomic E-state index is 0.249. The van der Waals surface area contributed by atoms with E-state index in [-0.39, 0.29) is 12.5 Å². The van der Waals surface area contributed by atoms with Crippen molar-refractivity contribution < 1.29 is 9.90 Å². The zero-order chi connectivity index (χ0) is 13.7. The largest absolute Gasteiger partial charge is 0.395 e. The monoisotopic (exact) mass is 268 g/mol. The fourth-order valence-corrected chi connectivity index (χ4v) is 3.39. The zero-order valence-electron chi connectivity index (χ0n) is 12.2. The van der Waals surface area contributed by atoms with Gasteiger partial charge >= 0.3 is 0 Å². The van der Waals surface area contributed by atoms with Gasteiger partial charge < -0.3 is 10.0 Å². The number of nitrogens with zero attached hydrogens (tertiary/aromatic N) is 2. The average molecular weight is 268 g/mol. The molecule has 0 aromatic rings. The van der Waals surface area contributed by atoms with Crippen LogP contribution in [0.1, 0.15) is 32.6 Å². The highest BCUT2D eigenvalue weighted by Gasteiger charge is 2.28. The minimum Gasteiger partial charge on any atom is -0.395 e. The zero-order valence-corrected chi connectivity index (χ0v) is 12.2. The SMILES string of the molecule is CC1CCC(=O)C(CN2CCCN(CCO)CC2)C1. The van der Waals surface area contributed by atoms with Crippen LogP contribution < -0.4 is 0 Å². The van der Waals surface area contributed by atoms with Crippen molar-refractivity contribution in [3.05, 3.63) is 0 Å². The Morgan fingerprint density at radius 3 is 2.74 bits per heavy atom. The Balaban J connectivity index is 1.80. The van der Waals surface area contributed by atoms with E-state index in [2.05, 4.69) is 16.7 Å². The van der Waals surface area contributed by atoms with Gasteiger partial charge in [-0.25, -0.2) is 0 Å². The number of ketones is 1. The van der Waals surface area contributed by atoms with Crippen molar-refractivity contribution in [2.24, 2.45) is 11.8 Å². The molecule has 110 valence electrons. The average Bonchev–Trinajstić information content (AvgIpc) is 2.60. The normalized spacial score (nSPS) is 31.4. The maximum absolute atomic E-state index is 12.0. The summed E-state index contributed by atoms with van der Waals surface area (Å²) in [7, 11) is 0. The Labute approximate surface area is 116 Å². The van der Waals surface area contributed by atoms with E-state index in [1.54, 1.807) is 0 Å². The summed E-state index contributed by atoms with van der Waals surface area (Å²) in [6.45, 7) is 8.49. The van der Waals surface area contributed by atoms with Crippen LogP contribution in [-0.2, 0) is 4.79 Å². The Morgan fingerprint density at radius 2 is 1.95 bits per heavy atom. The van der Waals surface area contributed by atoms with E-state index < -0.39 is 0 Å². The molecule has 2 atom stereocenters. The van der Waals surface area contributed by atoms with Gasteiger partial charge in [-0.2, -0.15) is 0 Å². The standard InChI is InChI=1S/C15H28N2O2/c1-13-3-4-15(19)14(11-13)12-17-6-2-5-16(7-8-17)9-10-18/h13-14,18H,2-12H2,1H3. The Morgan fingerprint density at radius 1 is 1.21 bits per heavy atom. The van der Waals surface area contributed by atoms with E-state index >= 15 is 0 Å². The fraction of sp³-hybridized carbons (Fsp3) is 0.933. The lowest BCUT2D eigenvalue weighted by molar-refractivity contribution is -0.126. The quantitative estimate of drug-likeness (QED) is 0.826. The molecule has 0 bridgehead atoms. The number of hydrogen-bond donors (Lipinski definition) is 1. The van der Waals surface area contributed by atoms with Crippen LogP contribution >= 0.6 is 0 Å². The van der Waals surface area contributed by atoms with Crippen LogP contribution in [0.3, 0.4) is 0 Å². The van der Waals surface area contributed by atoms with Crippen molar-refractivity contribution in [2.75, 3.05) is 45.9 Å². The lowest BCUT2D eigenvalue weighted by atomic mass is 9.81. The highest BCUT2D eigenvalue weighted by Crippen LogP contribution is 2.26. The molecule has 2 unspecified atom stereocenters. The van der Waals surface area contributed by atoms with Crippen LogP contribution in [0.15, 0.2) is 0 Å². The van der Waals surface area contributed by atoms with Crippen LogP contribution in [0.5, 0.6) is 0 Å². The summed E-state index contributed by atoms with van der Waals surface area (Å²) in [4.78, 5) is 16.8. The highest BCUT2D eigenvalue weighted by atomic mass is 16.3. The number of carbonyl (C=O) groups is 1. The summed E-state index contributed by atoms with van der Waals surface area (Å²) in [5.41, 5.74) is 0. The first kappa shape index (κ1) is 14.9. The molecular formula is C15H28N2O2. The van der Waals surface area contributed by atoms with Crippen LogP contribution in [0.25, 0.3) is 0 Å². The van der Waals surface area contributed by atoms with Gasteiger partial charge in [0.25, 0.3) is 0 Å². The van der Waals surface area contributed by atoms with Gasteiger partial charge in [-0.15, -0.1) is 0 Å². The summed E-state index contributed by atoms with van der Waals surface area (Å²) < 4.78 is 0. The molecule has 2 rings (SSSR count). The van der Waals surface area contributed by atoms with Gasteiger partial charge in [0.15, 0.2) is 0 Å². The number of hydrogen-bond acceptors (Lipinski definition) is 4. The number of aliphatic hydroxyl groups is 1. The Hall–Kier alpha value is -0.450. The molecule has 4 nitrogen and oxygen atoms in total. The second kappa shape index (κ2) is 7.36. The topological polar surface area (TPSA) is 43.8 Å². The molecule has 0 aromatic heterocycles. The lowest BCUT2D eigenvalue weighted by Crippen LogP contribution is -2.38. The molecule has 1 heterocycles. The molecule has 19 heavy (non-hydrogen) atoms. The number of carbonyl (C=O) groups excluding carboxylic acids is 1. The van der Waals surface area contributed by atoms with Crippen molar-refractivity contribution >= 4 is 5.78 Å². The van der Waals surface area contributed by atoms with Crippen molar-refractivity contribution in [1.82, 2.24) is 9.80 Å². The van der Waals surface area contributed by atoms with Crippen molar-refractivity contribution in [3.63, 3.8) is 0 Å². The second-order valence-corrected chi connectivity index (χ2v) is 6.26. The molecule has 0 radical (unpaired) electrons. The number of rotatable bonds is 4. The van der Waals surface area contributed by atoms with Crippen molar-refractivity contribution in [3.8, 4) is 0 Å². The molecule has 1 aliphatic carbocycles. The fourth-order valence-electron chi connectivity index (χ4n) is 3.39. The molecule has 0 spiro atoms. The molecule has 1 aliphatic heterocycles. The molecule has 0 amide bonds. The summed E-state index contributed by atoms with van der Waals surface area (Å²) in [5, 5.41) is 9.00. The van der Waals surface area contributed by atoms with Crippen LogP contribution in [-0.4, -0.2) is 66.6 Å². The molecule has 2 aliphatic rings. The van der Waals surface area contributed by atoms with Gasteiger partial charge in [-0.05, 0) is 38.3 Å². The van der Waals surface area contributed by atoms with E-state index in [0.29, 0.717) is 11.7 Å². The van der Waals surface area contributed by atoms with Gasteiger partial charge in [0.2, 0.25) is 0 Å². The summed E-state index contributed by atoms with van der Waals surface area (Å²) in [6, 6.07) is 0. The Kier molecular flexibility index (Phi) is 5.79. The third kappa shape index (κ3) is 4.55. The first-order valence-corrected chi connectivity index (χ1v) is 7.77. The van der Waals surface area contributed by atoms with E-state index in [0.717, 1.165) is 65.0 Å². The third-order valence-electron chi connectivity index (χ3n) is 4.60. The van der Waals surface area contributed by atoms with Crippen LogP contribution in [0.4, 0.5) is 0 Å². The van der Waals surface area contributed by atoms with Crippen LogP contribution in [0.2, 0.25) is 0 Å². The molecule has 4 heteroatoms. The van der Waals surface area contributed by atoms with Gasteiger partial charge in [-0.3, -0.25) is 9.69 Å². The predicted octanol–water partition coefficient (Wildman–Crippen LogP) is 0.992. The van der Waals surface area contributed by atoms with E-state index in [9.17, 15) is 4.79 Å². The third-order valence-corrected chi connectivity index (χ3v) is 4.60. The maximum atomic E-state index is 12.0. The van der Waals surface area contributed by atoms with Gasteiger partial charge in [0.1, 0.15) is 5.78 Å². The molecule has 1 saturated heterocycles. The smallest absolute Gasteiger partial charge is 0.137 e. The van der Waals surface area contributed by atoms with Crippen molar-refractivity contribution in [1.29, 1.82) is 0 Å². The number of aliphatic hydroxyl groups excluding tert-OH is 1.